The van der Waals surface area contributed by atoms with Crippen molar-refractivity contribution < 1.29 is 9.21 Å². The van der Waals surface area contributed by atoms with Gasteiger partial charge in [-0.2, -0.15) is 5.10 Å². The summed E-state index contributed by atoms with van der Waals surface area (Å²) in [6.07, 6.45) is 3.07. The maximum absolute atomic E-state index is 12.8. The normalized spacial score (nSPS) is 20.7. The van der Waals surface area contributed by atoms with Crippen molar-refractivity contribution in [3.63, 3.8) is 0 Å². The molecule has 3 heterocycles. The number of carbonyl (C=O) groups is 1. The minimum atomic E-state index is -0.460. The maximum Gasteiger partial charge on any atom is 0.290 e. The van der Waals surface area contributed by atoms with Gasteiger partial charge in [-0.25, -0.2) is 4.68 Å². The number of aryl methyl sites for hydroxylation is 1. The van der Waals surface area contributed by atoms with Crippen LogP contribution in [0.4, 0.5) is 5.69 Å². The first-order valence-electron chi connectivity index (χ1n) is 8.62. The number of likely N-dealkylation sites (tertiary alicyclic amines) is 1. The molecule has 1 aliphatic rings. The second-order valence-corrected chi connectivity index (χ2v) is 6.79. The van der Waals surface area contributed by atoms with Crippen molar-refractivity contribution in [2.75, 3.05) is 5.73 Å². The summed E-state index contributed by atoms with van der Waals surface area (Å²) in [5.74, 6) is 1.15. The fourth-order valence-corrected chi connectivity index (χ4v) is 3.48. The molecular formula is C18H24N4O3. The van der Waals surface area contributed by atoms with E-state index in [2.05, 4.69) is 5.10 Å². The molecule has 0 aliphatic carbocycles. The van der Waals surface area contributed by atoms with Gasteiger partial charge >= 0.3 is 0 Å². The second kappa shape index (κ2) is 6.74. The third-order valence-electron chi connectivity index (χ3n) is 4.76. The SMILES string of the molecule is Cc1ccc(-c2cc(N)c(=O)n(CC(=O)N3C(C)CCCC3C)n2)o1. The molecule has 1 amide bonds. The predicted octanol–water partition coefficient (Wildman–Crippen LogP) is 2.18. The molecule has 0 bridgehead atoms. The molecule has 2 unspecified atom stereocenters. The van der Waals surface area contributed by atoms with Crippen LogP contribution in [-0.2, 0) is 11.3 Å². The van der Waals surface area contributed by atoms with E-state index in [4.69, 9.17) is 10.2 Å². The Morgan fingerprint density at radius 2 is 2.00 bits per heavy atom. The fourth-order valence-electron chi connectivity index (χ4n) is 3.48. The Balaban J connectivity index is 1.90. The number of nitrogen functional groups attached to an aromatic ring is 1. The van der Waals surface area contributed by atoms with Gasteiger partial charge in [0, 0.05) is 12.1 Å². The van der Waals surface area contributed by atoms with Crippen molar-refractivity contribution in [1.29, 1.82) is 0 Å². The van der Waals surface area contributed by atoms with E-state index in [1.807, 2.05) is 31.7 Å². The lowest BCUT2D eigenvalue weighted by atomic mass is 9.97. The Bertz CT molecular complexity index is 829. The van der Waals surface area contributed by atoms with Crippen molar-refractivity contribution in [2.45, 2.75) is 58.7 Å². The highest BCUT2D eigenvalue weighted by Gasteiger charge is 2.29. The van der Waals surface area contributed by atoms with Gasteiger partial charge in [-0.15, -0.1) is 0 Å². The summed E-state index contributed by atoms with van der Waals surface area (Å²) in [7, 11) is 0. The molecule has 0 saturated carbocycles. The smallest absolute Gasteiger partial charge is 0.290 e. The van der Waals surface area contributed by atoms with Crippen molar-refractivity contribution >= 4 is 11.6 Å². The monoisotopic (exact) mass is 344 g/mol. The van der Waals surface area contributed by atoms with Crippen LogP contribution in [0.1, 0.15) is 38.9 Å². The maximum atomic E-state index is 12.8. The molecule has 1 saturated heterocycles. The van der Waals surface area contributed by atoms with Gasteiger partial charge in [0.25, 0.3) is 5.56 Å². The zero-order chi connectivity index (χ0) is 18.1. The van der Waals surface area contributed by atoms with Crippen LogP contribution in [0.25, 0.3) is 11.5 Å². The molecule has 2 aromatic heterocycles. The van der Waals surface area contributed by atoms with Crippen LogP contribution in [-0.4, -0.2) is 32.7 Å². The van der Waals surface area contributed by atoms with Crippen molar-refractivity contribution in [3.05, 3.63) is 34.3 Å². The summed E-state index contributed by atoms with van der Waals surface area (Å²) >= 11 is 0. The standard InChI is InChI=1S/C18H24N4O3/c1-11-5-4-6-12(2)22(11)17(23)10-21-18(24)14(19)9-15(20-21)16-8-7-13(3)25-16/h7-9,11-12H,4-6,10,19H2,1-3H3. The molecule has 2 atom stereocenters. The van der Waals surface area contributed by atoms with Crippen molar-refractivity contribution in [2.24, 2.45) is 0 Å². The number of amides is 1. The van der Waals surface area contributed by atoms with E-state index in [0.29, 0.717) is 11.5 Å². The first-order valence-corrected chi connectivity index (χ1v) is 8.62. The van der Waals surface area contributed by atoms with Gasteiger partial charge in [0.2, 0.25) is 5.91 Å². The number of rotatable bonds is 3. The van der Waals surface area contributed by atoms with Crippen molar-refractivity contribution in [3.8, 4) is 11.5 Å². The minimum Gasteiger partial charge on any atom is -0.460 e. The molecule has 0 aromatic carbocycles. The van der Waals surface area contributed by atoms with E-state index >= 15 is 0 Å². The van der Waals surface area contributed by atoms with E-state index in [1.165, 1.54) is 6.07 Å². The van der Waals surface area contributed by atoms with Gasteiger partial charge in [-0.3, -0.25) is 9.59 Å². The molecule has 7 nitrogen and oxygen atoms in total. The molecule has 1 fully saturated rings. The average molecular weight is 344 g/mol. The van der Waals surface area contributed by atoms with Crippen LogP contribution in [0, 0.1) is 6.92 Å². The number of carbonyl (C=O) groups excluding carboxylic acids is 1. The van der Waals surface area contributed by atoms with E-state index in [0.717, 1.165) is 29.7 Å². The minimum absolute atomic E-state index is 0.0478. The Kier molecular flexibility index (Phi) is 4.65. The van der Waals surface area contributed by atoms with Crippen LogP contribution >= 0.6 is 0 Å². The molecule has 25 heavy (non-hydrogen) atoms. The van der Waals surface area contributed by atoms with Crippen LogP contribution in [0.15, 0.2) is 27.4 Å². The Hall–Kier alpha value is -2.57. The largest absolute Gasteiger partial charge is 0.460 e. The van der Waals surface area contributed by atoms with Crippen LogP contribution in [0.5, 0.6) is 0 Å². The zero-order valence-electron chi connectivity index (χ0n) is 14.9. The lowest BCUT2D eigenvalue weighted by molar-refractivity contribution is -0.138. The lowest BCUT2D eigenvalue weighted by Gasteiger charge is -2.39. The van der Waals surface area contributed by atoms with Crippen molar-refractivity contribution in [1.82, 2.24) is 14.7 Å². The first kappa shape index (κ1) is 17.3. The quantitative estimate of drug-likeness (QED) is 0.921. The van der Waals surface area contributed by atoms with E-state index in [9.17, 15) is 9.59 Å². The Morgan fingerprint density at radius 3 is 2.60 bits per heavy atom. The highest BCUT2D eigenvalue weighted by molar-refractivity contribution is 5.77. The third-order valence-corrected chi connectivity index (χ3v) is 4.76. The molecule has 2 aromatic rings. The van der Waals surface area contributed by atoms with Gasteiger partial charge in [0.05, 0.1) is 0 Å². The number of piperidine rings is 1. The Labute approximate surface area is 146 Å². The number of nitrogens with zero attached hydrogens (tertiary/aromatic N) is 3. The topological polar surface area (TPSA) is 94.4 Å². The summed E-state index contributed by atoms with van der Waals surface area (Å²) in [6, 6.07) is 5.39. The zero-order valence-corrected chi connectivity index (χ0v) is 14.9. The molecular weight excluding hydrogens is 320 g/mol. The van der Waals surface area contributed by atoms with Crippen LogP contribution in [0.3, 0.4) is 0 Å². The van der Waals surface area contributed by atoms with E-state index in [-0.39, 0.29) is 30.2 Å². The molecule has 134 valence electrons. The summed E-state index contributed by atoms with van der Waals surface area (Å²) in [5, 5.41) is 4.28. The molecule has 0 spiro atoms. The van der Waals surface area contributed by atoms with Crippen LogP contribution < -0.4 is 11.3 Å². The summed E-state index contributed by atoms with van der Waals surface area (Å²) in [6.45, 7) is 5.79. The molecule has 1 aliphatic heterocycles. The third kappa shape index (κ3) is 3.45. The molecule has 2 N–H and O–H groups in total. The summed E-state index contributed by atoms with van der Waals surface area (Å²) in [4.78, 5) is 26.9. The van der Waals surface area contributed by atoms with Gasteiger partial charge < -0.3 is 15.1 Å². The number of anilines is 1. The average Bonchev–Trinajstić information content (AvgIpc) is 2.98. The van der Waals surface area contributed by atoms with E-state index < -0.39 is 5.56 Å². The Morgan fingerprint density at radius 1 is 1.32 bits per heavy atom. The van der Waals surface area contributed by atoms with Gasteiger partial charge in [0.1, 0.15) is 23.7 Å². The molecule has 7 heteroatoms. The second-order valence-electron chi connectivity index (χ2n) is 6.79. The number of furan rings is 1. The number of hydrogen-bond acceptors (Lipinski definition) is 5. The highest BCUT2D eigenvalue weighted by Crippen LogP contribution is 2.23. The van der Waals surface area contributed by atoms with Crippen LogP contribution in [0.2, 0.25) is 0 Å². The van der Waals surface area contributed by atoms with Gasteiger partial charge in [0.15, 0.2) is 5.76 Å². The summed E-state index contributed by atoms with van der Waals surface area (Å²) < 4.78 is 6.68. The molecule has 0 radical (unpaired) electrons. The summed E-state index contributed by atoms with van der Waals surface area (Å²) in [5.41, 5.74) is 5.86. The first-order chi connectivity index (χ1) is 11.9. The molecule has 3 rings (SSSR count). The highest BCUT2D eigenvalue weighted by atomic mass is 16.3. The fraction of sp³-hybridized carbons (Fsp3) is 0.500. The predicted molar refractivity (Wildman–Crippen MR) is 95.0 cm³/mol. The van der Waals surface area contributed by atoms with Gasteiger partial charge in [-0.1, -0.05) is 0 Å². The number of hydrogen-bond donors (Lipinski definition) is 1. The number of aromatic nitrogens is 2. The van der Waals surface area contributed by atoms with E-state index in [1.54, 1.807) is 6.07 Å². The number of nitrogens with two attached hydrogens (primary N) is 1. The lowest BCUT2D eigenvalue weighted by Crippen LogP contribution is -2.49. The van der Waals surface area contributed by atoms with Gasteiger partial charge in [-0.05, 0) is 58.2 Å².